The highest BCUT2D eigenvalue weighted by atomic mass is 35.5. The van der Waals surface area contributed by atoms with Crippen molar-refractivity contribution in [2.75, 3.05) is 0 Å². The molecule has 1 aromatic heterocycles. The number of benzene rings is 1. The summed E-state index contributed by atoms with van der Waals surface area (Å²) in [6.07, 6.45) is 0. The minimum Gasteiger partial charge on any atom is -0.308 e. The number of rotatable bonds is 5. The van der Waals surface area contributed by atoms with Gasteiger partial charge in [0.05, 0.1) is 4.92 Å². The molecule has 106 valence electrons. The van der Waals surface area contributed by atoms with Crippen molar-refractivity contribution in [2.45, 2.75) is 26.9 Å². The van der Waals surface area contributed by atoms with E-state index in [9.17, 15) is 10.1 Å². The van der Waals surface area contributed by atoms with Crippen molar-refractivity contribution >= 4 is 28.6 Å². The molecule has 6 heteroatoms. The fraction of sp³-hybridized carbons (Fsp3) is 0.286. The monoisotopic (exact) mass is 310 g/mol. The summed E-state index contributed by atoms with van der Waals surface area (Å²) >= 11 is 7.53. The first-order chi connectivity index (χ1) is 9.47. The Morgan fingerprint density at radius 2 is 2.05 bits per heavy atom. The molecule has 20 heavy (non-hydrogen) atoms. The fourth-order valence-electron chi connectivity index (χ4n) is 1.91. The molecule has 0 bridgehead atoms. The van der Waals surface area contributed by atoms with Crippen LogP contribution in [0.2, 0.25) is 5.02 Å². The lowest BCUT2D eigenvalue weighted by Gasteiger charge is -2.05. The van der Waals surface area contributed by atoms with Crippen LogP contribution in [0.25, 0.3) is 0 Å². The number of halogens is 1. The zero-order chi connectivity index (χ0) is 14.7. The Labute approximate surface area is 126 Å². The zero-order valence-electron chi connectivity index (χ0n) is 11.3. The van der Waals surface area contributed by atoms with Crippen LogP contribution in [-0.4, -0.2) is 4.92 Å². The normalized spacial score (nSPS) is 10.8. The van der Waals surface area contributed by atoms with Gasteiger partial charge < -0.3 is 5.32 Å². The Hall–Kier alpha value is -1.43. The molecule has 1 N–H and O–H groups in total. The number of nitro groups is 1. The van der Waals surface area contributed by atoms with Crippen molar-refractivity contribution in [1.29, 1.82) is 0 Å². The van der Waals surface area contributed by atoms with Crippen LogP contribution in [0, 0.1) is 24.0 Å². The van der Waals surface area contributed by atoms with Crippen molar-refractivity contribution in [3.63, 3.8) is 0 Å². The first-order valence-electron chi connectivity index (χ1n) is 6.17. The zero-order valence-corrected chi connectivity index (χ0v) is 12.8. The van der Waals surface area contributed by atoms with E-state index in [-0.39, 0.29) is 5.69 Å². The average molecular weight is 311 g/mol. The van der Waals surface area contributed by atoms with E-state index in [1.165, 1.54) is 21.4 Å². The number of nitrogens with zero attached hydrogens (tertiary/aromatic N) is 1. The largest absolute Gasteiger partial charge is 0.308 e. The van der Waals surface area contributed by atoms with Gasteiger partial charge >= 0.3 is 0 Å². The summed E-state index contributed by atoms with van der Waals surface area (Å²) in [5.74, 6) is 0. The van der Waals surface area contributed by atoms with Gasteiger partial charge in [-0.1, -0.05) is 11.6 Å². The van der Waals surface area contributed by atoms with Crippen molar-refractivity contribution < 1.29 is 4.92 Å². The van der Waals surface area contributed by atoms with Gasteiger partial charge in [0.2, 0.25) is 0 Å². The molecule has 0 aliphatic carbocycles. The molecule has 0 aliphatic rings. The highest BCUT2D eigenvalue weighted by Crippen LogP contribution is 2.24. The van der Waals surface area contributed by atoms with Crippen LogP contribution >= 0.6 is 22.9 Å². The molecule has 1 aromatic carbocycles. The summed E-state index contributed by atoms with van der Waals surface area (Å²) in [5, 5.41) is 14.6. The number of aryl methyl sites for hydroxylation is 2. The molecule has 1 heterocycles. The summed E-state index contributed by atoms with van der Waals surface area (Å²) in [4.78, 5) is 13.1. The second kappa shape index (κ2) is 6.35. The lowest BCUT2D eigenvalue weighted by molar-refractivity contribution is -0.385. The topological polar surface area (TPSA) is 55.2 Å². The maximum absolute atomic E-state index is 11.0. The molecule has 4 nitrogen and oxygen atoms in total. The second-order valence-corrected chi connectivity index (χ2v) is 6.36. The maximum Gasteiger partial charge on any atom is 0.275 e. The Morgan fingerprint density at radius 3 is 2.65 bits per heavy atom. The van der Waals surface area contributed by atoms with Crippen LogP contribution in [0.1, 0.15) is 20.9 Å². The van der Waals surface area contributed by atoms with Crippen molar-refractivity contribution in [3.8, 4) is 0 Å². The van der Waals surface area contributed by atoms with Crippen LogP contribution in [0.4, 0.5) is 5.69 Å². The molecule has 2 aromatic rings. The van der Waals surface area contributed by atoms with Crippen molar-refractivity contribution in [2.24, 2.45) is 0 Å². The average Bonchev–Trinajstić information content (AvgIpc) is 2.70. The van der Waals surface area contributed by atoms with E-state index in [1.807, 2.05) is 0 Å². The first-order valence-corrected chi connectivity index (χ1v) is 7.36. The molecule has 0 amide bonds. The van der Waals surface area contributed by atoms with Gasteiger partial charge in [-0.15, -0.1) is 11.3 Å². The molecule has 0 saturated heterocycles. The quantitative estimate of drug-likeness (QED) is 0.664. The van der Waals surface area contributed by atoms with Crippen LogP contribution < -0.4 is 5.32 Å². The van der Waals surface area contributed by atoms with E-state index >= 15 is 0 Å². The van der Waals surface area contributed by atoms with Gasteiger partial charge in [-0.05, 0) is 37.6 Å². The van der Waals surface area contributed by atoms with Gasteiger partial charge in [0.1, 0.15) is 0 Å². The number of hydrogen-bond acceptors (Lipinski definition) is 4. The van der Waals surface area contributed by atoms with Crippen LogP contribution in [0.3, 0.4) is 0 Å². The smallest absolute Gasteiger partial charge is 0.275 e. The Kier molecular flexibility index (Phi) is 4.75. The number of nitrogens with one attached hydrogen (secondary N) is 1. The summed E-state index contributed by atoms with van der Waals surface area (Å²) in [5.41, 5.74) is 1.98. The third-order valence-corrected chi connectivity index (χ3v) is 4.46. The van der Waals surface area contributed by atoms with E-state index in [0.717, 1.165) is 0 Å². The Balaban J connectivity index is 2.02. The van der Waals surface area contributed by atoms with Crippen LogP contribution in [0.5, 0.6) is 0 Å². The Bertz CT molecular complexity index is 621. The van der Waals surface area contributed by atoms with Gasteiger partial charge in [0, 0.05) is 39.5 Å². The predicted octanol–water partition coefficient (Wildman–Crippen LogP) is 4.22. The van der Waals surface area contributed by atoms with Gasteiger partial charge in [-0.2, -0.15) is 0 Å². The molecule has 0 spiro atoms. The SMILES string of the molecule is Cc1cc(CNCc2ccc(Cl)cc2[N+](=O)[O-])sc1C. The molecular weight excluding hydrogens is 296 g/mol. The minimum atomic E-state index is -0.400. The molecular formula is C14H15ClN2O2S. The van der Waals surface area contributed by atoms with Gasteiger partial charge in [-0.3, -0.25) is 10.1 Å². The molecule has 0 radical (unpaired) electrons. The summed E-state index contributed by atoms with van der Waals surface area (Å²) in [7, 11) is 0. The standard InChI is InChI=1S/C14H15ClN2O2S/c1-9-5-13(20-10(9)2)8-16-7-11-3-4-12(15)6-14(11)17(18)19/h3-6,16H,7-8H2,1-2H3. The lowest BCUT2D eigenvalue weighted by atomic mass is 10.2. The van der Waals surface area contributed by atoms with E-state index < -0.39 is 4.92 Å². The van der Waals surface area contributed by atoms with Gasteiger partial charge in [-0.25, -0.2) is 0 Å². The number of nitro benzene ring substituents is 1. The summed E-state index contributed by atoms with van der Waals surface area (Å²) in [6.45, 7) is 5.33. The fourth-order valence-corrected chi connectivity index (χ4v) is 3.10. The van der Waals surface area contributed by atoms with Crippen LogP contribution in [0.15, 0.2) is 24.3 Å². The molecule has 0 unspecified atom stereocenters. The second-order valence-electron chi connectivity index (χ2n) is 4.59. The lowest BCUT2D eigenvalue weighted by Crippen LogP contribution is -2.13. The molecule has 0 fully saturated rings. The molecule has 2 rings (SSSR count). The first kappa shape index (κ1) is 15.0. The highest BCUT2D eigenvalue weighted by molar-refractivity contribution is 7.12. The number of thiophene rings is 1. The van der Waals surface area contributed by atoms with E-state index in [0.29, 0.717) is 23.7 Å². The van der Waals surface area contributed by atoms with E-state index in [2.05, 4.69) is 25.2 Å². The van der Waals surface area contributed by atoms with Gasteiger partial charge in [0.25, 0.3) is 5.69 Å². The predicted molar refractivity (Wildman–Crippen MR) is 82.4 cm³/mol. The summed E-state index contributed by atoms with van der Waals surface area (Å²) < 4.78 is 0. The van der Waals surface area contributed by atoms with E-state index in [1.54, 1.807) is 23.5 Å². The maximum atomic E-state index is 11.0. The molecule has 0 atom stereocenters. The van der Waals surface area contributed by atoms with Crippen molar-refractivity contribution in [1.82, 2.24) is 5.32 Å². The molecule has 0 aliphatic heterocycles. The Morgan fingerprint density at radius 1 is 1.30 bits per heavy atom. The van der Waals surface area contributed by atoms with Crippen LogP contribution in [-0.2, 0) is 13.1 Å². The van der Waals surface area contributed by atoms with Crippen molar-refractivity contribution in [3.05, 3.63) is 60.3 Å². The summed E-state index contributed by atoms with van der Waals surface area (Å²) in [6, 6.07) is 6.89. The third-order valence-electron chi connectivity index (χ3n) is 3.08. The highest BCUT2D eigenvalue weighted by Gasteiger charge is 2.13. The number of hydrogen-bond donors (Lipinski definition) is 1. The van der Waals surface area contributed by atoms with Gasteiger partial charge in [0.15, 0.2) is 0 Å². The molecule has 0 saturated carbocycles. The third kappa shape index (κ3) is 3.56. The van der Waals surface area contributed by atoms with E-state index in [4.69, 9.17) is 11.6 Å². The minimum absolute atomic E-state index is 0.0588.